The highest BCUT2D eigenvalue weighted by Crippen LogP contribution is 2.31. The van der Waals surface area contributed by atoms with E-state index in [2.05, 4.69) is 10.6 Å². The van der Waals surface area contributed by atoms with Gasteiger partial charge in [-0.25, -0.2) is 8.42 Å². The average Bonchev–Trinajstić information content (AvgIpc) is 2.60. The predicted octanol–water partition coefficient (Wildman–Crippen LogP) is 0.0724. The van der Waals surface area contributed by atoms with E-state index in [0.717, 1.165) is 24.7 Å². The van der Waals surface area contributed by atoms with E-state index in [1.807, 2.05) is 0 Å². The predicted molar refractivity (Wildman–Crippen MR) is 96.4 cm³/mol. The van der Waals surface area contributed by atoms with Crippen molar-refractivity contribution in [3.63, 3.8) is 0 Å². The zero-order chi connectivity index (χ0) is 19.3. The zero-order valence-corrected chi connectivity index (χ0v) is 15.8. The third-order valence-corrected chi connectivity index (χ3v) is 5.16. The van der Waals surface area contributed by atoms with Crippen molar-refractivity contribution in [1.82, 2.24) is 5.32 Å². The molecule has 0 fully saturated rings. The van der Waals surface area contributed by atoms with Gasteiger partial charge in [-0.3, -0.25) is 13.9 Å². The van der Waals surface area contributed by atoms with Crippen LogP contribution in [-0.4, -0.2) is 60.1 Å². The van der Waals surface area contributed by atoms with E-state index in [0.29, 0.717) is 17.9 Å². The van der Waals surface area contributed by atoms with Crippen LogP contribution in [-0.2, 0) is 35.5 Å². The summed E-state index contributed by atoms with van der Waals surface area (Å²) < 4.78 is 35.0. The number of benzene rings is 1. The van der Waals surface area contributed by atoms with Gasteiger partial charge in [0.15, 0.2) is 6.29 Å². The number of anilines is 2. The minimum absolute atomic E-state index is 0.0191. The number of amides is 2. The van der Waals surface area contributed by atoms with Gasteiger partial charge in [0.05, 0.1) is 18.5 Å². The van der Waals surface area contributed by atoms with Crippen LogP contribution < -0.4 is 14.9 Å². The van der Waals surface area contributed by atoms with Gasteiger partial charge >= 0.3 is 11.8 Å². The Morgan fingerprint density at radius 2 is 1.92 bits per heavy atom. The van der Waals surface area contributed by atoms with Crippen molar-refractivity contribution in [2.45, 2.75) is 19.1 Å². The van der Waals surface area contributed by atoms with E-state index in [-0.39, 0.29) is 6.54 Å². The maximum absolute atomic E-state index is 12.0. The van der Waals surface area contributed by atoms with E-state index >= 15 is 0 Å². The van der Waals surface area contributed by atoms with Crippen molar-refractivity contribution in [1.29, 1.82) is 0 Å². The van der Waals surface area contributed by atoms with Crippen molar-refractivity contribution in [2.75, 3.05) is 43.2 Å². The van der Waals surface area contributed by atoms with Crippen LogP contribution in [0.4, 0.5) is 11.4 Å². The Balaban J connectivity index is 2.08. The van der Waals surface area contributed by atoms with Crippen LogP contribution in [0.2, 0.25) is 0 Å². The highest BCUT2D eigenvalue weighted by molar-refractivity contribution is 7.92. The second-order valence-corrected chi connectivity index (χ2v) is 7.75. The fourth-order valence-corrected chi connectivity index (χ4v) is 3.66. The molecular weight excluding hydrogens is 362 g/mol. The van der Waals surface area contributed by atoms with Crippen molar-refractivity contribution >= 4 is 33.2 Å². The third-order valence-electron chi connectivity index (χ3n) is 3.98. The Bertz CT molecular complexity index is 776. The number of hydrogen-bond donors (Lipinski definition) is 2. The van der Waals surface area contributed by atoms with Crippen LogP contribution in [0, 0.1) is 0 Å². The summed E-state index contributed by atoms with van der Waals surface area (Å²) >= 11 is 0. The summed E-state index contributed by atoms with van der Waals surface area (Å²) in [5.41, 5.74) is 1.75. The second-order valence-electron chi connectivity index (χ2n) is 5.85. The summed E-state index contributed by atoms with van der Waals surface area (Å²) in [5.74, 6) is -1.71. The van der Waals surface area contributed by atoms with Gasteiger partial charge in [-0.15, -0.1) is 0 Å². The minimum Gasteiger partial charge on any atom is -0.354 e. The molecule has 0 radical (unpaired) electrons. The first-order valence-electron chi connectivity index (χ1n) is 8.01. The van der Waals surface area contributed by atoms with Crippen molar-refractivity contribution in [3.8, 4) is 0 Å². The summed E-state index contributed by atoms with van der Waals surface area (Å²) in [5, 5.41) is 4.86. The Morgan fingerprint density at radius 3 is 2.54 bits per heavy atom. The molecular formula is C16H23N3O6S. The van der Waals surface area contributed by atoms with Gasteiger partial charge in [0, 0.05) is 26.5 Å². The molecule has 0 atom stereocenters. The van der Waals surface area contributed by atoms with Gasteiger partial charge in [-0.1, -0.05) is 6.07 Å². The lowest BCUT2D eigenvalue weighted by atomic mass is 10.0. The molecule has 0 saturated carbocycles. The second kappa shape index (κ2) is 8.47. The van der Waals surface area contributed by atoms with Gasteiger partial charge in [0.2, 0.25) is 10.0 Å². The van der Waals surface area contributed by atoms with Crippen molar-refractivity contribution < 1.29 is 27.5 Å². The number of carbonyl (C=O) groups excluding carboxylic acids is 2. The van der Waals surface area contributed by atoms with Gasteiger partial charge in [-0.05, 0) is 30.5 Å². The number of methoxy groups -OCH3 is 2. The van der Waals surface area contributed by atoms with Crippen LogP contribution in [0.15, 0.2) is 18.2 Å². The Kier molecular flexibility index (Phi) is 6.57. The summed E-state index contributed by atoms with van der Waals surface area (Å²) in [6.45, 7) is 0.407. The van der Waals surface area contributed by atoms with E-state index in [4.69, 9.17) is 9.47 Å². The quantitative estimate of drug-likeness (QED) is 0.529. The van der Waals surface area contributed by atoms with Gasteiger partial charge in [-0.2, -0.15) is 0 Å². The maximum atomic E-state index is 12.0. The number of fused-ring (bicyclic) bond motifs is 1. The van der Waals surface area contributed by atoms with Gasteiger partial charge in [0.1, 0.15) is 0 Å². The number of ether oxygens (including phenoxy) is 2. The minimum atomic E-state index is -3.41. The molecule has 1 aromatic carbocycles. The summed E-state index contributed by atoms with van der Waals surface area (Å²) in [6, 6.07) is 4.96. The third kappa shape index (κ3) is 4.93. The molecule has 144 valence electrons. The van der Waals surface area contributed by atoms with E-state index in [1.165, 1.54) is 18.5 Å². The molecule has 0 aliphatic carbocycles. The Labute approximate surface area is 152 Å². The SMILES string of the molecule is COC(CNC(=O)C(=O)Nc1ccc2c(c1)N(S(C)(=O)=O)CCC2)OC. The number of rotatable bonds is 6. The molecule has 9 nitrogen and oxygen atoms in total. The topological polar surface area (TPSA) is 114 Å². The van der Waals surface area contributed by atoms with Gasteiger partial charge in [0.25, 0.3) is 0 Å². The molecule has 0 spiro atoms. The first-order chi connectivity index (χ1) is 12.3. The first-order valence-corrected chi connectivity index (χ1v) is 9.86. The van der Waals surface area contributed by atoms with Crippen LogP contribution >= 0.6 is 0 Å². The van der Waals surface area contributed by atoms with Crippen LogP contribution in [0.1, 0.15) is 12.0 Å². The number of sulfonamides is 1. The Morgan fingerprint density at radius 1 is 1.23 bits per heavy atom. The molecule has 0 saturated heterocycles. The highest BCUT2D eigenvalue weighted by Gasteiger charge is 2.25. The number of nitrogens with one attached hydrogen (secondary N) is 2. The number of carbonyl (C=O) groups is 2. The zero-order valence-electron chi connectivity index (χ0n) is 14.9. The van der Waals surface area contributed by atoms with Crippen molar-refractivity contribution in [2.24, 2.45) is 0 Å². The average molecular weight is 385 g/mol. The largest absolute Gasteiger partial charge is 0.354 e. The lowest BCUT2D eigenvalue weighted by Crippen LogP contribution is -2.40. The normalized spacial score (nSPS) is 14.1. The molecule has 10 heteroatoms. The number of nitrogens with zero attached hydrogens (tertiary/aromatic N) is 1. The number of aryl methyl sites for hydroxylation is 1. The molecule has 2 N–H and O–H groups in total. The summed E-state index contributed by atoms with van der Waals surface area (Å²) in [7, 11) is -0.576. The lowest BCUT2D eigenvalue weighted by molar-refractivity contribution is -0.139. The molecule has 1 aliphatic rings. The molecule has 0 unspecified atom stereocenters. The monoisotopic (exact) mass is 385 g/mol. The maximum Gasteiger partial charge on any atom is 0.313 e. The molecule has 2 rings (SSSR count). The molecule has 0 aromatic heterocycles. The van der Waals surface area contributed by atoms with Gasteiger partial charge < -0.3 is 20.1 Å². The molecule has 0 bridgehead atoms. The van der Waals surface area contributed by atoms with Crippen LogP contribution in [0.25, 0.3) is 0 Å². The van der Waals surface area contributed by atoms with Crippen LogP contribution in [0.5, 0.6) is 0 Å². The fraction of sp³-hybridized carbons (Fsp3) is 0.500. The van der Waals surface area contributed by atoms with E-state index in [1.54, 1.807) is 18.2 Å². The summed E-state index contributed by atoms with van der Waals surface area (Å²) in [6.07, 6.45) is 1.97. The summed E-state index contributed by atoms with van der Waals surface area (Å²) in [4.78, 5) is 23.9. The highest BCUT2D eigenvalue weighted by atomic mass is 32.2. The molecule has 2 amide bonds. The van der Waals surface area contributed by atoms with Crippen molar-refractivity contribution in [3.05, 3.63) is 23.8 Å². The Hall–Kier alpha value is -2.17. The first kappa shape index (κ1) is 20.1. The lowest BCUT2D eigenvalue weighted by Gasteiger charge is -2.29. The molecule has 1 aromatic rings. The molecule has 26 heavy (non-hydrogen) atoms. The van der Waals surface area contributed by atoms with E-state index in [9.17, 15) is 18.0 Å². The standard InChI is InChI=1S/C16H23N3O6S/c1-24-14(25-2)10-17-15(20)16(21)18-12-7-6-11-5-4-8-19(13(11)9-12)26(3,22)23/h6-7,9,14H,4-5,8,10H2,1-3H3,(H,17,20)(H,18,21). The van der Waals surface area contributed by atoms with Crippen LogP contribution in [0.3, 0.4) is 0 Å². The smallest absolute Gasteiger partial charge is 0.313 e. The number of hydrogen-bond acceptors (Lipinski definition) is 6. The van der Waals surface area contributed by atoms with E-state index < -0.39 is 28.1 Å². The molecule has 1 aliphatic heterocycles. The fourth-order valence-electron chi connectivity index (χ4n) is 2.67. The molecule has 1 heterocycles.